The van der Waals surface area contributed by atoms with Crippen LogP contribution in [-0.4, -0.2) is 41.3 Å². The average molecular weight is 817 g/mol. The van der Waals surface area contributed by atoms with Gasteiger partial charge in [0.25, 0.3) is 5.56 Å². The second-order valence-corrected chi connectivity index (χ2v) is 16.2. The molecule has 1 atom stereocenters. The van der Waals surface area contributed by atoms with Crippen LogP contribution in [0.5, 0.6) is 0 Å². The molecule has 6 aromatic carbocycles. The molecular formula is C53H48N6O3. The summed E-state index contributed by atoms with van der Waals surface area (Å²) in [5, 5.41) is 14.3. The van der Waals surface area contributed by atoms with Gasteiger partial charge in [-0.05, 0) is 87.7 Å². The number of carbonyl (C=O) groups excluding carboxylic acids is 2. The number of nitrogens with zero attached hydrogens (tertiary/aromatic N) is 6. The normalized spacial score (nSPS) is 14.1. The van der Waals surface area contributed by atoms with Crippen LogP contribution >= 0.6 is 0 Å². The molecule has 0 saturated heterocycles. The van der Waals surface area contributed by atoms with E-state index < -0.39 is 5.54 Å². The summed E-state index contributed by atoms with van der Waals surface area (Å²) in [5.74, 6) is 1.51. The summed E-state index contributed by atoms with van der Waals surface area (Å²) in [6.45, 7) is 2.46. The van der Waals surface area contributed by atoms with Gasteiger partial charge < -0.3 is 0 Å². The Morgan fingerprint density at radius 1 is 0.742 bits per heavy atom. The van der Waals surface area contributed by atoms with E-state index in [1.807, 2.05) is 71.4 Å². The van der Waals surface area contributed by atoms with Crippen LogP contribution in [0.15, 0.2) is 163 Å². The molecule has 62 heavy (non-hydrogen) atoms. The summed E-state index contributed by atoms with van der Waals surface area (Å²) in [5.41, 5.74) is 6.81. The van der Waals surface area contributed by atoms with Gasteiger partial charge in [0, 0.05) is 36.3 Å². The summed E-state index contributed by atoms with van der Waals surface area (Å²) in [7, 11) is 0. The second-order valence-electron chi connectivity index (χ2n) is 16.2. The van der Waals surface area contributed by atoms with Crippen molar-refractivity contribution in [1.82, 2.24) is 29.8 Å². The average Bonchev–Trinajstić information content (AvgIpc) is 3.99. The summed E-state index contributed by atoms with van der Waals surface area (Å²) in [6.07, 6.45) is 5.72. The molecule has 1 aliphatic rings. The third-order valence-electron chi connectivity index (χ3n) is 12.4. The first-order chi connectivity index (χ1) is 30.4. The highest BCUT2D eigenvalue weighted by Gasteiger charge is 2.42. The highest BCUT2D eigenvalue weighted by molar-refractivity contribution is 5.99. The van der Waals surface area contributed by atoms with Crippen molar-refractivity contribution < 1.29 is 9.59 Å². The van der Waals surface area contributed by atoms with Gasteiger partial charge in [-0.3, -0.25) is 19.0 Å². The molecule has 0 aliphatic heterocycles. The van der Waals surface area contributed by atoms with E-state index in [4.69, 9.17) is 15.3 Å². The predicted molar refractivity (Wildman–Crippen MR) is 243 cm³/mol. The van der Waals surface area contributed by atoms with Crippen molar-refractivity contribution in [3.63, 3.8) is 0 Å². The molecule has 8 aromatic rings. The molecule has 2 heterocycles. The third-order valence-corrected chi connectivity index (χ3v) is 12.4. The number of aryl methyl sites for hydroxylation is 1. The van der Waals surface area contributed by atoms with Crippen molar-refractivity contribution in [2.75, 3.05) is 0 Å². The van der Waals surface area contributed by atoms with E-state index in [-0.39, 0.29) is 29.5 Å². The molecule has 0 bridgehead atoms. The van der Waals surface area contributed by atoms with Crippen LogP contribution in [0.4, 0.5) is 0 Å². The predicted octanol–water partition coefficient (Wildman–Crippen LogP) is 10.3. The number of ketones is 2. The Bertz CT molecular complexity index is 2810. The molecule has 0 radical (unpaired) electrons. The van der Waals surface area contributed by atoms with Gasteiger partial charge in [-0.1, -0.05) is 153 Å². The number of hydrogen-bond acceptors (Lipinski definition) is 7. The number of fused-ring (bicyclic) bond motifs is 1. The Hall–Kier alpha value is -7.13. The first kappa shape index (κ1) is 40.3. The molecular weight excluding hydrogens is 769 g/mol. The van der Waals surface area contributed by atoms with Crippen molar-refractivity contribution in [2.45, 2.75) is 70.4 Å². The Labute approximate surface area is 361 Å². The lowest BCUT2D eigenvalue weighted by Crippen LogP contribution is -2.39. The Morgan fingerprint density at radius 3 is 1.98 bits per heavy atom. The molecule has 0 amide bonds. The van der Waals surface area contributed by atoms with Crippen LogP contribution in [0, 0.1) is 5.92 Å². The zero-order chi connectivity index (χ0) is 42.5. The highest BCUT2D eigenvalue weighted by Crippen LogP contribution is 2.43. The number of tetrazole rings is 1. The van der Waals surface area contributed by atoms with Crippen molar-refractivity contribution in [1.29, 1.82) is 0 Å². The molecule has 0 spiro atoms. The zero-order valence-corrected chi connectivity index (χ0v) is 34.9. The van der Waals surface area contributed by atoms with Crippen molar-refractivity contribution in [3.05, 3.63) is 202 Å². The van der Waals surface area contributed by atoms with E-state index in [0.29, 0.717) is 48.1 Å². The van der Waals surface area contributed by atoms with Crippen molar-refractivity contribution in [2.24, 2.45) is 5.92 Å². The van der Waals surface area contributed by atoms with E-state index in [9.17, 15) is 14.4 Å². The van der Waals surface area contributed by atoms with Crippen LogP contribution < -0.4 is 5.56 Å². The summed E-state index contributed by atoms with van der Waals surface area (Å²) < 4.78 is 3.71. The third kappa shape index (κ3) is 7.71. The van der Waals surface area contributed by atoms with Crippen LogP contribution in [0.1, 0.15) is 90.3 Å². The van der Waals surface area contributed by atoms with Gasteiger partial charge in [0.1, 0.15) is 17.1 Å². The number of unbranched alkanes of at least 4 members (excludes halogenated alkanes) is 1. The number of hydrogen-bond donors (Lipinski definition) is 0. The highest BCUT2D eigenvalue weighted by atomic mass is 16.1. The number of rotatable bonds is 15. The number of aromatic nitrogens is 6. The summed E-state index contributed by atoms with van der Waals surface area (Å²) in [6, 6.07) is 52.8. The molecule has 1 fully saturated rings. The molecule has 308 valence electrons. The molecule has 9 nitrogen and oxygen atoms in total. The maximum Gasteiger partial charge on any atom is 0.261 e. The van der Waals surface area contributed by atoms with Gasteiger partial charge >= 0.3 is 0 Å². The fourth-order valence-electron chi connectivity index (χ4n) is 9.16. The molecule has 1 saturated carbocycles. The molecule has 9 rings (SSSR count). The standard InChI is InChI=1S/C53H48N6O3/c1-2-3-26-50-54-47-33-31-40(49(61)34-32-39-16-15-25-48(39)60)35-46(47)52(62)58(50)36-37-27-29-38(30-28-37)44-23-13-14-24-45(44)51-55-56-57-59(51)53(41-17-7-4-8-18-41,42-19-9-5-10-20-42)43-21-11-6-12-22-43/h4-14,17-24,27-31,33,35,39H,2-3,15-16,25-26,32,34,36H2,1H3. The fourth-order valence-corrected chi connectivity index (χ4v) is 9.16. The lowest BCUT2D eigenvalue weighted by Gasteiger charge is -2.36. The van der Waals surface area contributed by atoms with Gasteiger partial charge in [-0.15, -0.1) is 5.10 Å². The lowest BCUT2D eigenvalue weighted by atomic mass is 9.77. The molecule has 1 aliphatic carbocycles. The van der Waals surface area contributed by atoms with E-state index in [2.05, 4.69) is 84.9 Å². The van der Waals surface area contributed by atoms with Gasteiger partial charge in [0.2, 0.25) is 0 Å². The monoisotopic (exact) mass is 816 g/mol. The minimum Gasteiger partial charge on any atom is -0.299 e. The van der Waals surface area contributed by atoms with E-state index >= 15 is 0 Å². The number of benzene rings is 6. The van der Waals surface area contributed by atoms with E-state index in [1.165, 1.54) is 0 Å². The van der Waals surface area contributed by atoms with Gasteiger partial charge in [-0.2, -0.15) is 0 Å². The number of Topliss-reactive ketones (excluding diaryl/α,β-unsaturated/α-hetero) is 2. The number of carbonyl (C=O) groups is 2. The maximum atomic E-state index is 14.3. The van der Waals surface area contributed by atoms with Crippen LogP contribution in [0.25, 0.3) is 33.4 Å². The minimum absolute atomic E-state index is 0.0325. The fraction of sp³-hybridized carbons (Fsp3) is 0.226. The van der Waals surface area contributed by atoms with Gasteiger partial charge in [-0.25, -0.2) is 9.67 Å². The molecule has 9 heteroatoms. The topological polar surface area (TPSA) is 113 Å². The summed E-state index contributed by atoms with van der Waals surface area (Å²) >= 11 is 0. The molecule has 1 unspecified atom stereocenters. The first-order valence-electron chi connectivity index (χ1n) is 21.7. The smallest absolute Gasteiger partial charge is 0.261 e. The Kier molecular flexibility index (Phi) is 11.6. The van der Waals surface area contributed by atoms with Crippen LogP contribution in [0.2, 0.25) is 0 Å². The quantitative estimate of drug-likeness (QED) is 0.0748. The second kappa shape index (κ2) is 17.8. The Morgan fingerprint density at radius 2 is 1.37 bits per heavy atom. The van der Waals surface area contributed by atoms with Gasteiger partial charge in [0.05, 0.1) is 17.4 Å². The van der Waals surface area contributed by atoms with Crippen LogP contribution in [0.3, 0.4) is 0 Å². The van der Waals surface area contributed by atoms with Crippen molar-refractivity contribution in [3.8, 4) is 22.5 Å². The van der Waals surface area contributed by atoms with E-state index in [1.54, 1.807) is 22.8 Å². The van der Waals surface area contributed by atoms with E-state index in [0.717, 1.165) is 70.5 Å². The zero-order valence-electron chi connectivity index (χ0n) is 34.9. The molecule has 2 aromatic heterocycles. The minimum atomic E-state index is -0.903. The van der Waals surface area contributed by atoms with Crippen LogP contribution in [-0.2, 0) is 23.3 Å². The first-order valence-corrected chi connectivity index (χ1v) is 21.7. The molecule has 0 N–H and O–H groups in total. The van der Waals surface area contributed by atoms with Crippen molar-refractivity contribution >= 4 is 22.5 Å². The summed E-state index contributed by atoms with van der Waals surface area (Å²) in [4.78, 5) is 44.8. The SMILES string of the molecule is CCCCc1nc2ccc(C(=O)CCC3CCCC3=O)cc2c(=O)n1Cc1ccc(-c2ccccc2-c2nnnn2C(c2ccccc2)(c2ccccc2)c2ccccc2)cc1. The lowest BCUT2D eigenvalue weighted by molar-refractivity contribution is -0.120. The largest absolute Gasteiger partial charge is 0.299 e. The Balaban J connectivity index is 1.07. The maximum absolute atomic E-state index is 14.3. The van der Waals surface area contributed by atoms with Gasteiger partial charge in [0.15, 0.2) is 11.6 Å².